The number of hydrogen-bond acceptors (Lipinski definition) is 4. The minimum Gasteiger partial charge on any atom is -0.368 e. The lowest BCUT2D eigenvalue weighted by Gasteiger charge is -2.37. The van der Waals surface area contributed by atoms with Gasteiger partial charge in [0.2, 0.25) is 5.91 Å². The van der Waals surface area contributed by atoms with E-state index in [4.69, 9.17) is 0 Å². The Labute approximate surface area is 221 Å². The lowest BCUT2D eigenvalue weighted by molar-refractivity contribution is -0.137. The molecular weight excluding hydrogens is 515 g/mol. The summed E-state index contributed by atoms with van der Waals surface area (Å²) in [6.45, 7) is 6.37. The van der Waals surface area contributed by atoms with Gasteiger partial charge in [0, 0.05) is 31.9 Å². The molecule has 0 aromatic heterocycles. The van der Waals surface area contributed by atoms with E-state index in [1.54, 1.807) is 40.1 Å². The van der Waals surface area contributed by atoms with Gasteiger partial charge in [-0.1, -0.05) is 35.9 Å². The number of amides is 1. The molecule has 1 fully saturated rings. The Morgan fingerprint density at radius 1 is 0.895 bits per heavy atom. The molecule has 0 aliphatic carbocycles. The molecule has 0 spiro atoms. The molecule has 0 bridgehead atoms. The largest absolute Gasteiger partial charge is 0.416 e. The predicted molar refractivity (Wildman–Crippen MR) is 142 cm³/mol. The van der Waals surface area contributed by atoms with Crippen molar-refractivity contribution in [3.05, 3.63) is 89.0 Å². The zero-order chi connectivity index (χ0) is 27.7. The van der Waals surface area contributed by atoms with Crippen molar-refractivity contribution in [1.29, 1.82) is 0 Å². The maximum absolute atomic E-state index is 13.7. The van der Waals surface area contributed by atoms with E-state index in [0.29, 0.717) is 24.5 Å². The number of hydrogen-bond donors (Lipinski definition) is 0. The zero-order valence-electron chi connectivity index (χ0n) is 21.5. The van der Waals surface area contributed by atoms with Crippen LogP contribution in [0, 0.1) is 20.8 Å². The highest BCUT2D eigenvalue weighted by molar-refractivity contribution is 7.92. The number of carbonyl (C=O) groups excluding carboxylic acids is 1. The summed E-state index contributed by atoms with van der Waals surface area (Å²) >= 11 is 0. The van der Waals surface area contributed by atoms with E-state index >= 15 is 0 Å². The van der Waals surface area contributed by atoms with E-state index in [-0.39, 0.29) is 30.4 Å². The van der Waals surface area contributed by atoms with E-state index in [1.807, 2.05) is 26.8 Å². The molecule has 0 saturated carbocycles. The molecule has 1 aliphatic heterocycles. The number of rotatable bonds is 6. The summed E-state index contributed by atoms with van der Waals surface area (Å²) in [7, 11) is -4.05. The van der Waals surface area contributed by atoms with Crippen LogP contribution in [0.4, 0.5) is 24.5 Å². The first-order chi connectivity index (χ1) is 17.9. The Hall–Kier alpha value is -3.53. The van der Waals surface area contributed by atoms with Crippen LogP contribution in [-0.2, 0) is 21.0 Å². The third-order valence-corrected chi connectivity index (χ3v) is 8.68. The molecule has 0 unspecified atom stereocenters. The predicted octanol–water partition coefficient (Wildman–Crippen LogP) is 5.17. The molecule has 1 amide bonds. The molecular formula is C28H30F3N3O3S. The van der Waals surface area contributed by atoms with Crippen LogP contribution in [-0.4, -0.2) is 51.9 Å². The third-order valence-electron chi connectivity index (χ3n) is 6.90. The number of anilines is 2. The Kier molecular flexibility index (Phi) is 7.73. The van der Waals surface area contributed by atoms with Crippen LogP contribution in [0.2, 0.25) is 0 Å². The molecule has 6 nitrogen and oxygen atoms in total. The van der Waals surface area contributed by atoms with Crippen LogP contribution in [0.25, 0.3) is 0 Å². The molecule has 3 aromatic rings. The fourth-order valence-electron chi connectivity index (χ4n) is 4.46. The summed E-state index contributed by atoms with van der Waals surface area (Å²) in [6, 6.07) is 16.9. The van der Waals surface area contributed by atoms with Crippen LogP contribution >= 0.6 is 0 Å². The minimum atomic E-state index is -4.44. The SMILES string of the molecule is Cc1ccc(S(=O)(=O)N(CC(=O)N2CCN(c3cccc(C(F)(F)F)c3)CC2)c2cccc(C)c2C)cc1. The average molecular weight is 546 g/mol. The second kappa shape index (κ2) is 10.7. The highest BCUT2D eigenvalue weighted by Crippen LogP contribution is 2.32. The van der Waals surface area contributed by atoms with Gasteiger partial charge < -0.3 is 9.80 Å². The molecule has 0 atom stereocenters. The molecule has 0 N–H and O–H groups in total. The first kappa shape index (κ1) is 27.5. The van der Waals surface area contributed by atoms with E-state index in [9.17, 15) is 26.4 Å². The highest BCUT2D eigenvalue weighted by Gasteiger charge is 2.33. The van der Waals surface area contributed by atoms with E-state index < -0.39 is 21.8 Å². The lowest BCUT2D eigenvalue weighted by Crippen LogP contribution is -2.52. The topological polar surface area (TPSA) is 60.9 Å². The molecule has 10 heteroatoms. The summed E-state index contributed by atoms with van der Waals surface area (Å²) in [5.74, 6) is -0.370. The molecule has 202 valence electrons. The van der Waals surface area contributed by atoms with E-state index in [1.165, 1.54) is 18.2 Å². The van der Waals surface area contributed by atoms with E-state index in [2.05, 4.69) is 0 Å². The monoisotopic (exact) mass is 545 g/mol. The molecule has 1 saturated heterocycles. The van der Waals surface area contributed by atoms with Gasteiger partial charge in [-0.2, -0.15) is 13.2 Å². The number of carbonyl (C=O) groups is 1. The number of benzene rings is 3. The van der Waals surface area contributed by atoms with Crippen LogP contribution < -0.4 is 9.21 Å². The van der Waals surface area contributed by atoms with Crippen molar-refractivity contribution >= 4 is 27.3 Å². The lowest BCUT2D eigenvalue weighted by atomic mass is 10.1. The Morgan fingerprint density at radius 3 is 2.16 bits per heavy atom. The third kappa shape index (κ3) is 5.80. The van der Waals surface area contributed by atoms with Crippen molar-refractivity contribution in [2.45, 2.75) is 31.8 Å². The maximum Gasteiger partial charge on any atom is 0.416 e. The Bertz CT molecular complexity index is 1420. The Morgan fingerprint density at radius 2 is 1.53 bits per heavy atom. The smallest absolute Gasteiger partial charge is 0.368 e. The quantitative estimate of drug-likeness (QED) is 0.429. The number of sulfonamides is 1. The second-order valence-corrected chi connectivity index (χ2v) is 11.3. The fourth-order valence-corrected chi connectivity index (χ4v) is 5.93. The van der Waals surface area contributed by atoms with Crippen molar-refractivity contribution in [2.24, 2.45) is 0 Å². The van der Waals surface area contributed by atoms with Crippen LogP contribution in [0.15, 0.2) is 71.6 Å². The van der Waals surface area contributed by atoms with Gasteiger partial charge in [-0.15, -0.1) is 0 Å². The van der Waals surface area contributed by atoms with Gasteiger partial charge in [0.25, 0.3) is 10.0 Å². The summed E-state index contributed by atoms with van der Waals surface area (Å²) in [5, 5.41) is 0. The summed E-state index contributed by atoms with van der Waals surface area (Å²) in [6.07, 6.45) is -4.44. The van der Waals surface area contributed by atoms with Crippen molar-refractivity contribution in [1.82, 2.24) is 4.90 Å². The molecule has 1 heterocycles. The van der Waals surface area contributed by atoms with Crippen LogP contribution in [0.1, 0.15) is 22.3 Å². The molecule has 0 radical (unpaired) electrons. The Balaban J connectivity index is 1.55. The normalized spacial score (nSPS) is 14.5. The van der Waals surface area contributed by atoms with Crippen LogP contribution in [0.5, 0.6) is 0 Å². The second-order valence-electron chi connectivity index (χ2n) is 9.46. The number of piperazine rings is 1. The van der Waals surface area contributed by atoms with Crippen molar-refractivity contribution in [3.63, 3.8) is 0 Å². The summed E-state index contributed by atoms with van der Waals surface area (Å²) < 4.78 is 68.0. The van der Waals surface area contributed by atoms with Crippen molar-refractivity contribution in [2.75, 3.05) is 41.9 Å². The molecule has 38 heavy (non-hydrogen) atoms. The number of alkyl halides is 3. The van der Waals surface area contributed by atoms with Gasteiger partial charge >= 0.3 is 6.18 Å². The summed E-state index contributed by atoms with van der Waals surface area (Å²) in [5.41, 5.74) is 2.71. The standard InChI is InChI=1S/C28H30F3N3O3S/c1-20-10-12-25(13-11-20)38(36,37)34(26-9-4-6-21(2)22(26)3)19-27(35)33-16-14-32(15-17-33)24-8-5-7-23(18-24)28(29,30)31/h4-13,18H,14-17,19H2,1-3H3. The molecule has 1 aliphatic rings. The maximum atomic E-state index is 13.7. The molecule has 4 rings (SSSR count). The van der Waals surface area contributed by atoms with Crippen molar-refractivity contribution < 1.29 is 26.4 Å². The van der Waals surface area contributed by atoms with E-state index in [0.717, 1.165) is 33.1 Å². The fraction of sp³-hybridized carbons (Fsp3) is 0.321. The number of aryl methyl sites for hydroxylation is 2. The first-order valence-electron chi connectivity index (χ1n) is 12.2. The van der Waals surface area contributed by atoms with Gasteiger partial charge in [-0.3, -0.25) is 9.10 Å². The van der Waals surface area contributed by atoms with Gasteiger partial charge in [0.1, 0.15) is 6.54 Å². The van der Waals surface area contributed by atoms with Crippen LogP contribution in [0.3, 0.4) is 0 Å². The summed E-state index contributed by atoms with van der Waals surface area (Å²) in [4.78, 5) is 16.8. The average Bonchev–Trinajstić information content (AvgIpc) is 2.89. The number of halogens is 3. The van der Waals surface area contributed by atoms with Gasteiger partial charge in [0.15, 0.2) is 0 Å². The molecule has 3 aromatic carbocycles. The van der Waals surface area contributed by atoms with Gasteiger partial charge in [0.05, 0.1) is 16.1 Å². The minimum absolute atomic E-state index is 0.0890. The highest BCUT2D eigenvalue weighted by atomic mass is 32.2. The van der Waals surface area contributed by atoms with Crippen molar-refractivity contribution in [3.8, 4) is 0 Å². The van der Waals surface area contributed by atoms with Gasteiger partial charge in [-0.25, -0.2) is 8.42 Å². The first-order valence-corrected chi connectivity index (χ1v) is 13.7. The number of nitrogens with zero attached hydrogens (tertiary/aromatic N) is 3. The van der Waals surface area contributed by atoms with Gasteiger partial charge in [-0.05, 0) is 68.3 Å². The zero-order valence-corrected chi connectivity index (χ0v) is 22.3.